The smallest absolute Gasteiger partial charge is 0.237 e. The maximum atomic E-state index is 11.5. The highest BCUT2D eigenvalue weighted by molar-refractivity contribution is 6.39. The van der Waals surface area contributed by atoms with Gasteiger partial charge in [-0.05, 0) is 18.9 Å². The predicted molar refractivity (Wildman–Crippen MR) is 186 cm³/mol. The normalized spacial score (nSPS) is 14.4. The van der Waals surface area contributed by atoms with Crippen molar-refractivity contribution in [3.8, 4) is 45.4 Å². The van der Waals surface area contributed by atoms with Gasteiger partial charge in [-0.15, -0.1) is 0 Å². The summed E-state index contributed by atoms with van der Waals surface area (Å²) < 4.78 is 11.2. The third kappa shape index (κ3) is 8.19. The molecule has 0 spiro atoms. The summed E-state index contributed by atoms with van der Waals surface area (Å²) in [7, 11) is 3.16. The van der Waals surface area contributed by atoms with E-state index in [4.69, 9.17) is 42.6 Å². The molecule has 0 bridgehead atoms. The first-order chi connectivity index (χ1) is 22.9. The number of nitrogens with zero attached hydrogens (tertiary/aromatic N) is 4. The molecule has 1 aliphatic rings. The molecule has 2 aromatic carbocycles. The molecule has 0 saturated carbocycles. The van der Waals surface area contributed by atoms with Crippen LogP contribution in [0.3, 0.4) is 0 Å². The second kappa shape index (κ2) is 16.3. The van der Waals surface area contributed by atoms with Crippen LogP contribution in [0.2, 0.25) is 10.0 Å². The van der Waals surface area contributed by atoms with Crippen LogP contribution in [-0.4, -0.2) is 59.2 Å². The lowest BCUT2D eigenvalue weighted by molar-refractivity contribution is -0.119. The van der Waals surface area contributed by atoms with E-state index in [1.807, 2.05) is 36.4 Å². The summed E-state index contributed by atoms with van der Waals surface area (Å²) in [6.07, 6.45) is 7.04. The monoisotopic (exact) mass is 677 g/mol. The summed E-state index contributed by atoms with van der Waals surface area (Å²) in [5.74, 6) is 1.56. The number of amides is 1. The fourth-order valence-corrected chi connectivity index (χ4v) is 6.32. The molecule has 1 aliphatic heterocycles. The van der Waals surface area contributed by atoms with Gasteiger partial charge < -0.3 is 25.4 Å². The van der Waals surface area contributed by atoms with E-state index >= 15 is 0 Å². The van der Waals surface area contributed by atoms with Crippen LogP contribution < -0.4 is 25.4 Å². The molecule has 5 rings (SSSR count). The average molecular weight is 679 g/mol. The Balaban J connectivity index is 1.37. The first kappa shape index (κ1) is 34.5. The van der Waals surface area contributed by atoms with Crippen molar-refractivity contribution in [3.05, 3.63) is 70.2 Å². The number of carbonyl (C=O) groups is 1. The highest BCUT2D eigenvalue weighted by atomic mass is 35.5. The van der Waals surface area contributed by atoms with Crippen molar-refractivity contribution < 1.29 is 14.3 Å². The first-order valence-corrected chi connectivity index (χ1v) is 16.7. The number of nitrogens with one attached hydrogen (secondary N) is 3. The maximum Gasteiger partial charge on any atom is 0.237 e. The van der Waals surface area contributed by atoms with Crippen molar-refractivity contribution in [2.75, 3.05) is 27.3 Å². The van der Waals surface area contributed by atoms with E-state index in [1.165, 1.54) is 0 Å². The molecule has 4 aromatic rings. The number of aromatic nitrogens is 4. The van der Waals surface area contributed by atoms with Crippen molar-refractivity contribution in [1.29, 1.82) is 0 Å². The van der Waals surface area contributed by atoms with Gasteiger partial charge in [0.25, 0.3) is 0 Å². The lowest BCUT2D eigenvalue weighted by Crippen LogP contribution is -2.35. The van der Waals surface area contributed by atoms with Crippen LogP contribution >= 0.6 is 23.2 Å². The average Bonchev–Trinajstić information content (AvgIpc) is 3.51. The predicted octanol–water partition coefficient (Wildman–Crippen LogP) is 6.49. The lowest BCUT2D eigenvalue weighted by atomic mass is 9.98. The van der Waals surface area contributed by atoms with Gasteiger partial charge in [0.05, 0.1) is 48.0 Å². The fourth-order valence-electron chi connectivity index (χ4n) is 5.67. The quantitative estimate of drug-likeness (QED) is 0.130. The largest absolute Gasteiger partial charge is 0.480 e. The molecule has 2 aromatic heterocycles. The van der Waals surface area contributed by atoms with Gasteiger partial charge in [-0.25, -0.2) is 9.97 Å². The van der Waals surface area contributed by atoms with Gasteiger partial charge in [-0.1, -0.05) is 86.3 Å². The number of halogens is 2. The Morgan fingerprint density at radius 2 is 1.34 bits per heavy atom. The molecule has 3 heterocycles. The van der Waals surface area contributed by atoms with Gasteiger partial charge in [-0.3, -0.25) is 14.8 Å². The molecule has 1 fully saturated rings. The zero-order valence-electron chi connectivity index (χ0n) is 27.2. The number of carbonyl (C=O) groups excluding carboxylic acids is 1. The Labute approximate surface area is 286 Å². The van der Waals surface area contributed by atoms with E-state index in [9.17, 15) is 4.79 Å². The third-order valence-corrected chi connectivity index (χ3v) is 9.31. The van der Waals surface area contributed by atoms with Gasteiger partial charge in [0, 0.05) is 54.4 Å². The second-order valence-electron chi connectivity index (χ2n) is 11.5. The summed E-state index contributed by atoms with van der Waals surface area (Å²) in [4.78, 5) is 30.3. The molecule has 3 N–H and O–H groups in total. The molecule has 1 amide bonds. The summed E-state index contributed by atoms with van der Waals surface area (Å²) >= 11 is 14.1. The van der Waals surface area contributed by atoms with Crippen LogP contribution in [0.1, 0.15) is 50.9 Å². The van der Waals surface area contributed by atoms with Gasteiger partial charge >= 0.3 is 0 Å². The van der Waals surface area contributed by atoms with Gasteiger partial charge in [-0.2, -0.15) is 0 Å². The van der Waals surface area contributed by atoms with Crippen molar-refractivity contribution in [2.45, 2.75) is 58.7 Å². The lowest BCUT2D eigenvalue weighted by Gasteiger charge is -2.16. The summed E-state index contributed by atoms with van der Waals surface area (Å²) in [6.45, 7) is 6.98. The maximum absolute atomic E-state index is 11.5. The van der Waals surface area contributed by atoms with Crippen LogP contribution in [0.25, 0.3) is 33.6 Å². The molecule has 248 valence electrons. The number of methoxy groups -OCH3 is 2. The molecule has 0 radical (unpaired) electrons. The van der Waals surface area contributed by atoms with Gasteiger partial charge in [0.1, 0.15) is 11.4 Å². The molecule has 1 atom stereocenters. The SMILES string of the molecule is CCC(CC)CNCc1ncc(-c2cccc(-c3cccc(-c4cnc(CNC[C@@H]5CCC(=O)N5)c(OC)n4)c3Cl)c2Cl)nc1OC. The zero-order valence-corrected chi connectivity index (χ0v) is 28.7. The van der Waals surface area contributed by atoms with Crippen molar-refractivity contribution in [1.82, 2.24) is 35.9 Å². The van der Waals surface area contributed by atoms with Crippen LogP contribution in [0.15, 0.2) is 48.8 Å². The number of benzene rings is 2. The molecule has 12 heteroatoms. The molecular formula is C35H41Cl2N7O3. The fraction of sp³-hybridized carbons (Fsp3) is 0.400. The van der Waals surface area contributed by atoms with Gasteiger partial charge in [0.2, 0.25) is 17.7 Å². The summed E-state index contributed by atoms with van der Waals surface area (Å²) in [5.41, 5.74) is 5.45. The van der Waals surface area contributed by atoms with Crippen LogP contribution in [0, 0.1) is 5.92 Å². The second-order valence-corrected chi connectivity index (χ2v) is 12.3. The van der Waals surface area contributed by atoms with E-state index < -0.39 is 0 Å². The minimum Gasteiger partial charge on any atom is -0.480 e. The topological polar surface area (TPSA) is 123 Å². The summed E-state index contributed by atoms with van der Waals surface area (Å²) in [6, 6.07) is 11.6. The Morgan fingerprint density at radius 3 is 1.81 bits per heavy atom. The molecule has 0 aliphatic carbocycles. The van der Waals surface area contributed by atoms with E-state index in [0.717, 1.165) is 42.6 Å². The Bertz CT molecular complexity index is 1700. The number of hydrogen-bond acceptors (Lipinski definition) is 9. The molecular weight excluding hydrogens is 637 g/mol. The molecule has 47 heavy (non-hydrogen) atoms. The van der Waals surface area contributed by atoms with Crippen molar-refractivity contribution in [2.24, 2.45) is 5.92 Å². The van der Waals surface area contributed by atoms with E-state index in [0.29, 0.717) is 82.0 Å². The van der Waals surface area contributed by atoms with Crippen LogP contribution in [-0.2, 0) is 17.9 Å². The number of ether oxygens (including phenoxy) is 2. The number of hydrogen-bond donors (Lipinski definition) is 3. The van der Waals surface area contributed by atoms with E-state index in [-0.39, 0.29) is 11.9 Å². The highest BCUT2D eigenvalue weighted by Gasteiger charge is 2.21. The number of rotatable bonds is 15. The van der Waals surface area contributed by atoms with Crippen LogP contribution in [0.5, 0.6) is 11.8 Å². The Kier molecular flexibility index (Phi) is 12.0. The molecule has 1 saturated heterocycles. The standard InChI is InChI=1S/C35H41Cl2N7O3/c1-5-21(6-2)15-38-17-29-34(46-3)43-27(19-40-29)25-11-7-9-23(32(25)36)24-10-8-12-26(33(24)37)28-20-41-30(35(44-28)47-4)18-39-16-22-13-14-31(45)42-22/h7-12,19-22,38-39H,5-6,13-18H2,1-4H3,(H,42,45)/t22-/m0/s1. The minimum absolute atomic E-state index is 0.0875. The van der Waals surface area contributed by atoms with Crippen LogP contribution in [0.4, 0.5) is 0 Å². The van der Waals surface area contributed by atoms with Crippen molar-refractivity contribution >= 4 is 29.1 Å². The summed E-state index contributed by atoms with van der Waals surface area (Å²) in [5, 5.41) is 10.7. The Morgan fingerprint density at radius 1 is 0.830 bits per heavy atom. The minimum atomic E-state index is 0.0875. The molecule has 0 unspecified atom stereocenters. The highest BCUT2D eigenvalue weighted by Crippen LogP contribution is 2.42. The van der Waals surface area contributed by atoms with E-state index in [1.54, 1.807) is 26.6 Å². The van der Waals surface area contributed by atoms with Crippen molar-refractivity contribution in [3.63, 3.8) is 0 Å². The molecule has 10 nitrogen and oxygen atoms in total. The first-order valence-electron chi connectivity index (χ1n) is 15.9. The third-order valence-electron chi connectivity index (χ3n) is 8.50. The van der Waals surface area contributed by atoms with E-state index in [2.05, 4.69) is 39.8 Å². The zero-order chi connectivity index (χ0) is 33.3. The van der Waals surface area contributed by atoms with Gasteiger partial charge in [0.15, 0.2) is 0 Å². The Hall–Kier alpha value is -3.83.